The van der Waals surface area contributed by atoms with Crippen molar-refractivity contribution >= 4 is 11.7 Å². The number of esters is 1. The molecule has 3 aromatic rings. The highest BCUT2D eigenvalue weighted by atomic mass is 16.5. The molecule has 0 saturated heterocycles. The van der Waals surface area contributed by atoms with Crippen LogP contribution >= 0.6 is 0 Å². The fourth-order valence-corrected chi connectivity index (χ4v) is 4.33. The van der Waals surface area contributed by atoms with Crippen molar-refractivity contribution in [2.24, 2.45) is 5.92 Å². The van der Waals surface area contributed by atoms with E-state index < -0.39 is 0 Å². The van der Waals surface area contributed by atoms with Gasteiger partial charge in [-0.1, -0.05) is 12.1 Å². The third kappa shape index (κ3) is 5.60. The van der Waals surface area contributed by atoms with E-state index in [9.17, 15) is 4.79 Å². The number of fused-ring (bicyclic) bond motifs is 3. The molecule has 0 spiro atoms. The van der Waals surface area contributed by atoms with E-state index in [1.54, 1.807) is 0 Å². The number of hydrogen-bond acceptors (Lipinski definition) is 6. The molecule has 6 heteroatoms. The summed E-state index contributed by atoms with van der Waals surface area (Å²) in [4.78, 5) is 12.0. The Bertz CT molecular complexity index is 1220. The average molecular weight is 474 g/mol. The molecule has 0 atom stereocenters. The lowest BCUT2D eigenvalue weighted by atomic mass is 9.91. The van der Waals surface area contributed by atoms with Crippen LogP contribution in [0.25, 0.3) is 11.1 Å². The quantitative estimate of drug-likeness (QED) is 0.225. The van der Waals surface area contributed by atoms with Gasteiger partial charge in [-0.25, -0.2) is 0 Å². The predicted octanol–water partition coefficient (Wildman–Crippen LogP) is 5.90. The largest absolute Gasteiger partial charge is 0.491 e. The van der Waals surface area contributed by atoms with Gasteiger partial charge in [-0.15, -0.1) is 0 Å². The first-order chi connectivity index (χ1) is 17.1. The lowest BCUT2D eigenvalue weighted by Gasteiger charge is -2.24. The van der Waals surface area contributed by atoms with Crippen molar-refractivity contribution in [2.45, 2.75) is 39.8 Å². The molecule has 0 amide bonds. The molecule has 2 aliphatic rings. The van der Waals surface area contributed by atoms with Crippen LogP contribution in [-0.4, -0.2) is 25.8 Å². The summed E-state index contributed by atoms with van der Waals surface area (Å²) in [5.41, 5.74) is 6.63. The van der Waals surface area contributed by atoms with E-state index in [-0.39, 0.29) is 11.9 Å². The first kappa shape index (κ1) is 23.2. The Balaban J connectivity index is 1.29. The van der Waals surface area contributed by atoms with Crippen LogP contribution in [0, 0.1) is 12.8 Å². The van der Waals surface area contributed by atoms with Crippen molar-refractivity contribution in [3.63, 3.8) is 0 Å². The molecule has 1 N–H and O–H groups in total. The molecule has 0 aromatic heterocycles. The molecule has 1 aliphatic heterocycles. The molecule has 1 fully saturated rings. The summed E-state index contributed by atoms with van der Waals surface area (Å²) < 4.78 is 22.8. The van der Waals surface area contributed by atoms with Crippen molar-refractivity contribution in [1.82, 2.24) is 0 Å². The molecule has 1 heterocycles. The molecule has 1 aliphatic carbocycles. The SMILES string of the molecule is CCOCCOc1cc(C)c2c(c1)COc1ccc(CNc3cccc(OC(=O)C4CC4)c3)cc1-2. The molecule has 6 nitrogen and oxygen atoms in total. The van der Waals surface area contributed by atoms with Crippen LogP contribution in [0.3, 0.4) is 0 Å². The number of nitrogens with one attached hydrogen (secondary N) is 1. The standard InChI is InChI=1S/C29H31NO5/c1-3-32-11-12-33-25-13-19(2)28-22(15-25)18-34-27-10-7-20(14-26(27)28)17-30-23-5-4-6-24(16-23)35-29(31)21-8-9-21/h4-7,10,13-16,21,30H,3,8-9,11-12,17-18H2,1-2H3. The van der Waals surface area contributed by atoms with Crippen molar-refractivity contribution in [1.29, 1.82) is 0 Å². The van der Waals surface area contributed by atoms with Crippen molar-refractivity contribution in [2.75, 3.05) is 25.1 Å². The molecule has 0 bridgehead atoms. The van der Waals surface area contributed by atoms with Gasteiger partial charge in [0.25, 0.3) is 0 Å². The Hall–Kier alpha value is -3.51. The van der Waals surface area contributed by atoms with E-state index in [4.69, 9.17) is 18.9 Å². The van der Waals surface area contributed by atoms with E-state index in [1.165, 1.54) is 5.56 Å². The van der Waals surface area contributed by atoms with Crippen LogP contribution in [0.5, 0.6) is 17.2 Å². The minimum absolute atomic E-state index is 0.0772. The fourth-order valence-electron chi connectivity index (χ4n) is 4.33. The number of anilines is 1. The van der Waals surface area contributed by atoms with Gasteiger partial charge in [0.05, 0.1) is 12.5 Å². The number of rotatable bonds is 10. The minimum atomic E-state index is -0.131. The third-order valence-electron chi connectivity index (χ3n) is 6.25. The lowest BCUT2D eigenvalue weighted by Crippen LogP contribution is -2.10. The summed E-state index contributed by atoms with van der Waals surface area (Å²) in [7, 11) is 0. The second-order valence-corrected chi connectivity index (χ2v) is 9.02. The maximum absolute atomic E-state index is 12.0. The topological polar surface area (TPSA) is 66.0 Å². The van der Waals surface area contributed by atoms with Crippen LogP contribution < -0.4 is 19.5 Å². The highest BCUT2D eigenvalue weighted by molar-refractivity contribution is 5.79. The Labute approximate surface area is 206 Å². The molecule has 0 unspecified atom stereocenters. The Kier molecular flexibility index (Phi) is 6.91. The molecule has 3 aromatic carbocycles. The maximum Gasteiger partial charge on any atom is 0.314 e. The molecule has 5 rings (SSSR count). The van der Waals surface area contributed by atoms with E-state index in [1.807, 2.05) is 37.3 Å². The van der Waals surface area contributed by atoms with Crippen molar-refractivity contribution < 1.29 is 23.7 Å². The summed E-state index contributed by atoms with van der Waals surface area (Å²) in [6.07, 6.45) is 1.87. The first-order valence-electron chi connectivity index (χ1n) is 12.3. The van der Waals surface area contributed by atoms with E-state index in [0.29, 0.717) is 38.7 Å². The van der Waals surface area contributed by atoms with Crippen LogP contribution in [0.2, 0.25) is 0 Å². The zero-order valence-electron chi connectivity index (χ0n) is 20.3. The van der Waals surface area contributed by atoms with E-state index >= 15 is 0 Å². The van der Waals surface area contributed by atoms with Crippen LogP contribution in [0.15, 0.2) is 54.6 Å². The first-order valence-corrected chi connectivity index (χ1v) is 12.3. The van der Waals surface area contributed by atoms with Gasteiger partial charge in [0.1, 0.15) is 30.5 Å². The van der Waals surface area contributed by atoms with E-state index in [0.717, 1.165) is 52.3 Å². The van der Waals surface area contributed by atoms with E-state index in [2.05, 4.69) is 36.5 Å². The fraction of sp³-hybridized carbons (Fsp3) is 0.345. The van der Waals surface area contributed by atoms with Gasteiger partial charge in [-0.2, -0.15) is 0 Å². The smallest absolute Gasteiger partial charge is 0.314 e. The Morgan fingerprint density at radius 1 is 1.06 bits per heavy atom. The van der Waals surface area contributed by atoms with Crippen LogP contribution in [0.4, 0.5) is 5.69 Å². The third-order valence-corrected chi connectivity index (χ3v) is 6.25. The predicted molar refractivity (Wildman–Crippen MR) is 135 cm³/mol. The number of hydrogen-bond donors (Lipinski definition) is 1. The average Bonchev–Trinajstić information content (AvgIpc) is 3.71. The normalized spacial score (nSPS) is 13.9. The second-order valence-electron chi connectivity index (χ2n) is 9.02. The highest BCUT2D eigenvalue weighted by Crippen LogP contribution is 2.42. The molecule has 0 radical (unpaired) electrons. The van der Waals surface area contributed by atoms with Gasteiger partial charge in [0, 0.05) is 36.0 Å². The summed E-state index contributed by atoms with van der Waals surface area (Å²) in [6, 6.07) is 18.0. The number of aryl methyl sites for hydroxylation is 1. The van der Waals surface area contributed by atoms with Gasteiger partial charge >= 0.3 is 5.97 Å². The minimum Gasteiger partial charge on any atom is -0.491 e. The molecular weight excluding hydrogens is 442 g/mol. The Morgan fingerprint density at radius 2 is 1.94 bits per heavy atom. The zero-order valence-corrected chi connectivity index (χ0v) is 20.3. The number of ether oxygens (including phenoxy) is 4. The van der Waals surface area contributed by atoms with Crippen LogP contribution in [-0.2, 0) is 22.7 Å². The summed E-state index contributed by atoms with van der Waals surface area (Å²) in [5, 5.41) is 3.44. The zero-order chi connectivity index (χ0) is 24.2. The van der Waals surface area contributed by atoms with Gasteiger partial charge < -0.3 is 24.3 Å². The number of carbonyl (C=O) groups excluding carboxylic acids is 1. The van der Waals surface area contributed by atoms with Gasteiger partial charge in [-0.3, -0.25) is 4.79 Å². The second kappa shape index (κ2) is 10.4. The summed E-state index contributed by atoms with van der Waals surface area (Å²) >= 11 is 0. The highest BCUT2D eigenvalue weighted by Gasteiger charge is 2.31. The maximum atomic E-state index is 12.0. The molecule has 35 heavy (non-hydrogen) atoms. The molecular formula is C29H31NO5. The summed E-state index contributed by atoms with van der Waals surface area (Å²) in [5.74, 6) is 2.26. The van der Waals surface area contributed by atoms with Gasteiger partial charge in [-0.05, 0) is 79.8 Å². The van der Waals surface area contributed by atoms with Gasteiger partial charge in [0.2, 0.25) is 0 Å². The van der Waals surface area contributed by atoms with Crippen molar-refractivity contribution in [3.05, 3.63) is 71.3 Å². The molecule has 1 saturated carbocycles. The van der Waals surface area contributed by atoms with Crippen LogP contribution in [0.1, 0.15) is 36.5 Å². The molecule has 182 valence electrons. The number of benzene rings is 3. The monoisotopic (exact) mass is 473 g/mol. The van der Waals surface area contributed by atoms with Crippen molar-refractivity contribution in [3.8, 4) is 28.4 Å². The summed E-state index contributed by atoms with van der Waals surface area (Å²) in [6.45, 7) is 7.05. The number of carbonyl (C=O) groups is 1. The Morgan fingerprint density at radius 3 is 2.77 bits per heavy atom. The van der Waals surface area contributed by atoms with Gasteiger partial charge in [0.15, 0.2) is 0 Å². The lowest BCUT2D eigenvalue weighted by molar-refractivity contribution is -0.135.